The van der Waals surface area contributed by atoms with Crippen molar-refractivity contribution in [3.05, 3.63) is 29.3 Å². The minimum Gasteiger partial charge on any atom is -0.317 e. The summed E-state index contributed by atoms with van der Waals surface area (Å²) >= 11 is 3.41. The fourth-order valence-corrected chi connectivity index (χ4v) is 1.51. The van der Waals surface area contributed by atoms with E-state index >= 15 is 0 Å². The third kappa shape index (κ3) is 1.47. The average molecular weight is 239 g/mol. The maximum atomic E-state index is 4.00. The van der Waals surface area contributed by atoms with Crippen LogP contribution in [0.5, 0.6) is 0 Å². The van der Waals surface area contributed by atoms with Gasteiger partial charge in [0, 0.05) is 29.5 Å². The van der Waals surface area contributed by atoms with Gasteiger partial charge in [0.1, 0.15) is 6.33 Å². The van der Waals surface area contributed by atoms with Crippen molar-refractivity contribution < 1.29 is 0 Å². The van der Waals surface area contributed by atoms with E-state index in [9.17, 15) is 0 Å². The minimum atomic E-state index is 0.828. The molecule has 4 nitrogen and oxygen atoms in total. The van der Waals surface area contributed by atoms with E-state index in [0.29, 0.717) is 0 Å². The Bertz CT molecular complexity index is 424. The average Bonchev–Trinajstić information content (AvgIpc) is 2.52. The van der Waals surface area contributed by atoms with Crippen LogP contribution in [0.1, 0.15) is 0 Å². The lowest BCUT2D eigenvalue weighted by atomic mass is 10.2. The van der Waals surface area contributed by atoms with Gasteiger partial charge in [0.25, 0.3) is 0 Å². The molecule has 0 aliphatic carbocycles. The maximum Gasteiger partial charge on any atom is 0.164 e. The summed E-state index contributed by atoms with van der Waals surface area (Å²) in [6, 6.07) is 1.90. The third-order valence-electron chi connectivity index (χ3n) is 1.72. The van der Waals surface area contributed by atoms with E-state index in [0.717, 1.165) is 15.9 Å². The fraction of sp³-hybridized carbons (Fsp3) is 0.125. The van der Waals surface area contributed by atoms with Gasteiger partial charge in [0.05, 0.1) is 0 Å². The third-order valence-corrected chi connectivity index (χ3v) is 2.36. The van der Waals surface area contributed by atoms with Crippen molar-refractivity contribution in [1.29, 1.82) is 0 Å². The Labute approximate surface area is 83.8 Å². The van der Waals surface area contributed by atoms with Crippen molar-refractivity contribution in [2.24, 2.45) is 7.05 Å². The molecule has 0 unspecified atom stereocenters. The molecule has 2 heterocycles. The highest BCUT2D eigenvalue weighted by Crippen LogP contribution is 2.24. The van der Waals surface area contributed by atoms with Crippen LogP contribution in [0.4, 0.5) is 0 Å². The van der Waals surface area contributed by atoms with Crippen LogP contribution in [0, 0.1) is 0 Å². The lowest BCUT2D eigenvalue weighted by Crippen LogP contribution is -1.92. The molecule has 0 spiro atoms. The molecule has 2 rings (SSSR count). The predicted octanol–water partition coefficient (Wildman–Crippen LogP) is 1.64. The zero-order chi connectivity index (χ0) is 9.26. The van der Waals surface area contributed by atoms with Crippen LogP contribution in [0.15, 0.2) is 29.3 Å². The van der Waals surface area contributed by atoms with E-state index < -0.39 is 0 Å². The zero-order valence-corrected chi connectivity index (χ0v) is 8.56. The van der Waals surface area contributed by atoms with Crippen LogP contribution in [-0.2, 0) is 7.05 Å². The smallest absolute Gasteiger partial charge is 0.164 e. The van der Waals surface area contributed by atoms with E-state index in [2.05, 4.69) is 31.1 Å². The quantitative estimate of drug-likeness (QED) is 0.759. The van der Waals surface area contributed by atoms with Crippen LogP contribution in [0.2, 0.25) is 0 Å². The summed E-state index contributed by atoms with van der Waals surface area (Å²) in [6.45, 7) is 0. The second-order valence-electron chi connectivity index (χ2n) is 2.62. The Kier molecular flexibility index (Phi) is 2.10. The van der Waals surface area contributed by atoms with Gasteiger partial charge >= 0.3 is 0 Å². The van der Waals surface area contributed by atoms with Gasteiger partial charge in [0.15, 0.2) is 5.82 Å². The lowest BCUT2D eigenvalue weighted by Gasteiger charge is -2.01. The van der Waals surface area contributed by atoms with Gasteiger partial charge < -0.3 is 4.57 Å². The highest BCUT2D eigenvalue weighted by atomic mass is 79.9. The maximum absolute atomic E-state index is 4.00. The second-order valence-corrected chi connectivity index (χ2v) is 3.48. The monoisotopic (exact) mass is 238 g/mol. The lowest BCUT2D eigenvalue weighted by molar-refractivity contribution is 0.918. The molecule has 0 aromatic carbocycles. The first-order valence-corrected chi connectivity index (χ1v) is 4.52. The molecule has 0 aliphatic heterocycles. The first-order chi connectivity index (χ1) is 6.29. The van der Waals surface area contributed by atoms with Gasteiger partial charge in [-0.2, -0.15) is 0 Å². The van der Waals surface area contributed by atoms with Crippen LogP contribution in [0.3, 0.4) is 0 Å². The minimum absolute atomic E-state index is 0.828. The number of hydrogen-bond acceptors (Lipinski definition) is 3. The molecule has 0 N–H and O–H groups in total. The Morgan fingerprint density at radius 1 is 1.46 bits per heavy atom. The van der Waals surface area contributed by atoms with Crippen molar-refractivity contribution in [2.45, 2.75) is 0 Å². The Hall–Kier alpha value is -1.23. The molecule has 13 heavy (non-hydrogen) atoms. The summed E-state index contributed by atoms with van der Waals surface area (Å²) in [5.41, 5.74) is 0.995. The van der Waals surface area contributed by atoms with E-state index in [-0.39, 0.29) is 0 Å². The SMILES string of the molecule is Cn1cnnc1-c1ccncc1Br. The van der Waals surface area contributed by atoms with Gasteiger partial charge in [-0.05, 0) is 22.0 Å². The molecule has 0 saturated carbocycles. The molecular formula is C8H7BrN4. The Balaban J connectivity index is 2.59. The molecule has 0 saturated heterocycles. The highest BCUT2D eigenvalue weighted by molar-refractivity contribution is 9.10. The van der Waals surface area contributed by atoms with E-state index in [4.69, 9.17) is 0 Å². The molecule has 2 aromatic rings. The summed E-state index contributed by atoms with van der Waals surface area (Å²) < 4.78 is 2.78. The first-order valence-electron chi connectivity index (χ1n) is 3.73. The fourth-order valence-electron chi connectivity index (χ4n) is 1.08. The number of aryl methyl sites for hydroxylation is 1. The molecule has 66 valence electrons. The van der Waals surface area contributed by atoms with Crippen LogP contribution in [-0.4, -0.2) is 19.7 Å². The Morgan fingerprint density at radius 3 is 2.92 bits per heavy atom. The molecule has 0 fully saturated rings. The first kappa shape index (κ1) is 8.37. The molecule has 0 radical (unpaired) electrons. The summed E-state index contributed by atoms with van der Waals surface area (Å²) in [7, 11) is 1.90. The van der Waals surface area contributed by atoms with E-state index in [1.165, 1.54) is 0 Å². The van der Waals surface area contributed by atoms with Gasteiger partial charge in [-0.1, -0.05) is 0 Å². The van der Waals surface area contributed by atoms with Crippen molar-refractivity contribution in [3.63, 3.8) is 0 Å². The van der Waals surface area contributed by atoms with Crippen LogP contribution in [0.25, 0.3) is 11.4 Å². The summed E-state index contributed by atoms with van der Waals surface area (Å²) in [5, 5.41) is 7.81. The Morgan fingerprint density at radius 2 is 2.31 bits per heavy atom. The van der Waals surface area contributed by atoms with Crippen molar-refractivity contribution in [1.82, 2.24) is 19.7 Å². The topological polar surface area (TPSA) is 43.6 Å². The second kappa shape index (κ2) is 3.26. The van der Waals surface area contributed by atoms with E-state index in [1.54, 1.807) is 18.7 Å². The molecule has 0 atom stereocenters. The standard InChI is InChI=1S/C8H7BrN4/c1-13-5-11-12-8(13)6-2-3-10-4-7(6)9/h2-5H,1H3. The summed E-state index contributed by atoms with van der Waals surface area (Å²) in [5.74, 6) is 0.828. The highest BCUT2D eigenvalue weighted by Gasteiger charge is 2.07. The number of hydrogen-bond donors (Lipinski definition) is 0. The van der Waals surface area contributed by atoms with Crippen LogP contribution < -0.4 is 0 Å². The van der Waals surface area contributed by atoms with Gasteiger partial charge in [-0.3, -0.25) is 4.98 Å². The van der Waals surface area contributed by atoms with Crippen molar-refractivity contribution in [2.75, 3.05) is 0 Å². The molecule has 0 amide bonds. The number of aromatic nitrogens is 4. The molecule has 5 heteroatoms. The zero-order valence-electron chi connectivity index (χ0n) is 6.98. The number of pyridine rings is 1. The van der Waals surface area contributed by atoms with Crippen molar-refractivity contribution >= 4 is 15.9 Å². The van der Waals surface area contributed by atoms with E-state index in [1.807, 2.05) is 17.7 Å². The summed E-state index contributed by atoms with van der Waals surface area (Å²) in [4.78, 5) is 3.98. The molecular weight excluding hydrogens is 232 g/mol. The molecule has 0 aliphatic rings. The normalized spacial score (nSPS) is 10.3. The van der Waals surface area contributed by atoms with Gasteiger partial charge in [-0.25, -0.2) is 0 Å². The van der Waals surface area contributed by atoms with Crippen molar-refractivity contribution in [3.8, 4) is 11.4 Å². The van der Waals surface area contributed by atoms with Gasteiger partial charge in [0.2, 0.25) is 0 Å². The van der Waals surface area contributed by atoms with Crippen LogP contribution >= 0.6 is 15.9 Å². The number of rotatable bonds is 1. The molecule has 2 aromatic heterocycles. The molecule has 0 bridgehead atoms. The largest absolute Gasteiger partial charge is 0.317 e. The predicted molar refractivity (Wildman–Crippen MR) is 51.9 cm³/mol. The summed E-state index contributed by atoms with van der Waals surface area (Å²) in [6.07, 6.45) is 5.14. The number of nitrogens with zero attached hydrogens (tertiary/aromatic N) is 4. The van der Waals surface area contributed by atoms with Gasteiger partial charge in [-0.15, -0.1) is 10.2 Å². The number of halogens is 1.